The lowest BCUT2D eigenvalue weighted by Crippen LogP contribution is -2.14. The SMILES string of the molecule is CCc1noc(C)c1C(=O)Nc1nnc(SC(F)(F)F)s1. The van der Waals surface area contributed by atoms with E-state index in [1.165, 1.54) is 0 Å². The van der Waals surface area contributed by atoms with Crippen LogP contribution in [-0.2, 0) is 6.42 Å². The summed E-state index contributed by atoms with van der Waals surface area (Å²) in [6, 6.07) is 0. The van der Waals surface area contributed by atoms with Crippen LogP contribution in [0.25, 0.3) is 0 Å². The van der Waals surface area contributed by atoms with Crippen molar-refractivity contribution in [1.29, 1.82) is 0 Å². The number of carbonyl (C=O) groups excluding carboxylic acids is 1. The quantitative estimate of drug-likeness (QED) is 0.681. The summed E-state index contributed by atoms with van der Waals surface area (Å²) in [7, 11) is 0. The Labute approximate surface area is 125 Å². The second-order valence-corrected chi connectivity index (χ2v) is 6.08. The Hall–Kier alpha value is -1.62. The third-order valence-electron chi connectivity index (χ3n) is 2.33. The average Bonchev–Trinajstić information content (AvgIpc) is 2.93. The summed E-state index contributed by atoms with van der Waals surface area (Å²) in [6.07, 6.45) is 0.491. The van der Waals surface area contributed by atoms with Crippen molar-refractivity contribution < 1.29 is 22.5 Å². The number of nitrogens with zero attached hydrogens (tertiary/aromatic N) is 3. The van der Waals surface area contributed by atoms with Crippen molar-refractivity contribution in [3.8, 4) is 0 Å². The number of aryl methyl sites for hydroxylation is 2. The normalized spacial score (nSPS) is 11.7. The number of hydrogen-bond acceptors (Lipinski definition) is 7. The molecule has 0 saturated heterocycles. The number of carbonyl (C=O) groups is 1. The van der Waals surface area contributed by atoms with E-state index in [0.717, 1.165) is 0 Å². The third-order valence-corrected chi connectivity index (χ3v) is 3.95. The third kappa shape index (κ3) is 3.94. The molecule has 0 spiro atoms. The molecule has 21 heavy (non-hydrogen) atoms. The summed E-state index contributed by atoms with van der Waals surface area (Å²) in [4.78, 5) is 12.1. The van der Waals surface area contributed by atoms with Crippen LogP contribution in [0.3, 0.4) is 0 Å². The monoisotopic (exact) mass is 338 g/mol. The first-order valence-corrected chi connectivity index (χ1v) is 7.29. The summed E-state index contributed by atoms with van der Waals surface area (Å²) in [6.45, 7) is 3.38. The molecule has 0 radical (unpaired) electrons. The van der Waals surface area contributed by atoms with Crippen LogP contribution < -0.4 is 5.32 Å². The summed E-state index contributed by atoms with van der Waals surface area (Å²) in [5.74, 6) is -0.205. The Morgan fingerprint density at radius 2 is 2.14 bits per heavy atom. The second-order valence-electron chi connectivity index (χ2n) is 3.79. The van der Waals surface area contributed by atoms with E-state index in [2.05, 4.69) is 20.7 Å². The summed E-state index contributed by atoms with van der Waals surface area (Å²) >= 11 is 0.262. The number of thioether (sulfide) groups is 1. The lowest BCUT2D eigenvalue weighted by atomic mass is 10.1. The van der Waals surface area contributed by atoms with E-state index < -0.39 is 11.4 Å². The first-order valence-electron chi connectivity index (χ1n) is 5.66. The maximum atomic E-state index is 12.2. The van der Waals surface area contributed by atoms with Crippen LogP contribution in [0, 0.1) is 6.92 Å². The number of aromatic nitrogens is 3. The molecule has 0 saturated carbocycles. The van der Waals surface area contributed by atoms with Gasteiger partial charge >= 0.3 is 5.51 Å². The van der Waals surface area contributed by atoms with Gasteiger partial charge in [0.2, 0.25) is 5.13 Å². The van der Waals surface area contributed by atoms with Gasteiger partial charge in [0.25, 0.3) is 5.91 Å². The van der Waals surface area contributed by atoms with Crippen LogP contribution in [0.15, 0.2) is 8.86 Å². The molecule has 2 rings (SSSR count). The fraction of sp³-hybridized carbons (Fsp3) is 0.400. The van der Waals surface area contributed by atoms with Crippen LogP contribution in [0.4, 0.5) is 18.3 Å². The zero-order valence-corrected chi connectivity index (χ0v) is 12.4. The molecule has 2 heterocycles. The number of hydrogen-bond donors (Lipinski definition) is 1. The number of anilines is 1. The lowest BCUT2D eigenvalue weighted by Gasteiger charge is -2.01. The molecular weight excluding hydrogens is 329 g/mol. The van der Waals surface area contributed by atoms with E-state index >= 15 is 0 Å². The van der Waals surface area contributed by atoms with Crippen molar-refractivity contribution in [2.75, 3.05) is 5.32 Å². The Bertz CT molecular complexity index is 653. The molecule has 2 aromatic heterocycles. The van der Waals surface area contributed by atoms with Crippen LogP contribution in [-0.4, -0.2) is 26.8 Å². The summed E-state index contributed by atoms with van der Waals surface area (Å²) < 4.78 is 41.2. The van der Waals surface area contributed by atoms with Crippen molar-refractivity contribution in [2.24, 2.45) is 0 Å². The minimum atomic E-state index is -4.44. The highest BCUT2D eigenvalue weighted by molar-refractivity contribution is 8.01. The molecule has 0 aliphatic heterocycles. The fourth-order valence-corrected chi connectivity index (χ4v) is 2.95. The smallest absolute Gasteiger partial charge is 0.361 e. The minimum Gasteiger partial charge on any atom is -0.361 e. The highest BCUT2D eigenvalue weighted by atomic mass is 32.2. The molecule has 0 atom stereocenters. The van der Waals surface area contributed by atoms with E-state index in [1.54, 1.807) is 13.8 Å². The number of alkyl halides is 3. The first kappa shape index (κ1) is 15.8. The van der Waals surface area contributed by atoms with Crippen molar-refractivity contribution in [3.05, 3.63) is 17.0 Å². The number of amides is 1. The van der Waals surface area contributed by atoms with E-state index in [9.17, 15) is 18.0 Å². The van der Waals surface area contributed by atoms with Gasteiger partial charge in [-0.3, -0.25) is 10.1 Å². The van der Waals surface area contributed by atoms with Gasteiger partial charge in [0, 0.05) is 11.8 Å². The molecule has 11 heteroatoms. The van der Waals surface area contributed by atoms with Gasteiger partial charge in [-0.05, 0) is 13.3 Å². The molecule has 0 fully saturated rings. The van der Waals surface area contributed by atoms with E-state index in [4.69, 9.17) is 4.52 Å². The van der Waals surface area contributed by atoms with E-state index in [0.29, 0.717) is 29.2 Å². The van der Waals surface area contributed by atoms with E-state index in [1.807, 2.05) is 0 Å². The lowest BCUT2D eigenvalue weighted by molar-refractivity contribution is -0.0328. The van der Waals surface area contributed by atoms with Gasteiger partial charge in [-0.1, -0.05) is 23.4 Å². The van der Waals surface area contributed by atoms with Gasteiger partial charge in [-0.2, -0.15) is 13.2 Å². The van der Waals surface area contributed by atoms with Gasteiger partial charge in [0.15, 0.2) is 4.34 Å². The van der Waals surface area contributed by atoms with Crippen molar-refractivity contribution in [1.82, 2.24) is 15.4 Å². The highest BCUT2D eigenvalue weighted by Crippen LogP contribution is 2.39. The summed E-state index contributed by atoms with van der Waals surface area (Å²) in [5.41, 5.74) is -3.71. The largest absolute Gasteiger partial charge is 0.448 e. The molecule has 6 nitrogen and oxygen atoms in total. The molecular formula is C10H9F3N4O2S2. The molecule has 0 bridgehead atoms. The zero-order chi connectivity index (χ0) is 15.6. The van der Waals surface area contributed by atoms with Crippen molar-refractivity contribution in [3.63, 3.8) is 0 Å². The fourth-order valence-electron chi connectivity index (χ4n) is 1.51. The molecule has 1 N–H and O–H groups in total. The Kier molecular flexibility index (Phi) is 4.52. The molecule has 2 aromatic rings. The van der Waals surface area contributed by atoms with Crippen LogP contribution in [0.5, 0.6) is 0 Å². The Morgan fingerprint density at radius 3 is 2.76 bits per heavy atom. The second kappa shape index (κ2) is 6.02. The van der Waals surface area contributed by atoms with Gasteiger partial charge in [0.1, 0.15) is 11.3 Å². The first-order chi connectivity index (χ1) is 9.80. The van der Waals surface area contributed by atoms with Crippen LogP contribution in [0.2, 0.25) is 0 Å². The Balaban J connectivity index is 2.11. The van der Waals surface area contributed by atoms with Gasteiger partial charge in [-0.25, -0.2) is 0 Å². The van der Waals surface area contributed by atoms with Gasteiger partial charge < -0.3 is 4.52 Å². The minimum absolute atomic E-state index is 0.0191. The standard InChI is InChI=1S/C10H9F3N4O2S2/c1-3-5-6(4(2)19-17-5)7(18)14-8-15-16-9(20-8)21-10(11,12)13/h3H2,1-2H3,(H,14,15,18). The average molecular weight is 338 g/mol. The van der Waals surface area contributed by atoms with Crippen LogP contribution in [0.1, 0.15) is 28.7 Å². The molecule has 0 aliphatic carbocycles. The topological polar surface area (TPSA) is 80.9 Å². The maximum absolute atomic E-state index is 12.2. The van der Waals surface area contributed by atoms with Gasteiger partial charge in [-0.15, -0.1) is 10.2 Å². The number of halogens is 3. The van der Waals surface area contributed by atoms with Crippen LogP contribution >= 0.6 is 23.1 Å². The molecule has 0 unspecified atom stereocenters. The van der Waals surface area contributed by atoms with Gasteiger partial charge in [0.05, 0.1) is 5.69 Å². The molecule has 1 amide bonds. The number of rotatable bonds is 4. The van der Waals surface area contributed by atoms with Crippen molar-refractivity contribution >= 4 is 34.1 Å². The highest BCUT2D eigenvalue weighted by Gasteiger charge is 2.31. The van der Waals surface area contributed by atoms with E-state index in [-0.39, 0.29) is 26.8 Å². The predicted molar refractivity (Wildman–Crippen MR) is 70.4 cm³/mol. The summed E-state index contributed by atoms with van der Waals surface area (Å²) in [5, 5.41) is 13.0. The molecule has 114 valence electrons. The predicted octanol–water partition coefficient (Wildman–Crippen LogP) is 3.26. The van der Waals surface area contributed by atoms with Crippen molar-refractivity contribution in [2.45, 2.75) is 30.1 Å². The molecule has 0 aromatic carbocycles. The molecule has 0 aliphatic rings. The number of nitrogens with one attached hydrogen (secondary N) is 1. The maximum Gasteiger partial charge on any atom is 0.448 e. The Morgan fingerprint density at radius 1 is 1.43 bits per heavy atom. The zero-order valence-electron chi connectivity index (χ0n) is 10.8.